The molecule has 1 heterocycles. The average molecular weight is 280 g/mol. The zero-order chi connectivity index (χ0) is 14.2. The van der Waals surface area contributed by atoms with Gasteiger partial charge in [0.2, 0.25) is 0 Å². The van der Waals surface area contributed by atoms with E-state index >= 15 is 0 Å². The van der Waals surface area contributed by atoms with Crippen molar-refractivity contribution in [2.24, 2.45) is 5.92 Å². The van der Waals surface area contributed by atoms with Crippen molar-refractivity contribution < 1.29 is 9.90 Å². The van der Waals surface area contributed by atoms with Crippen molar-refractivity contribution in [2.75, 3.05) is 13.1 Å². The topological polar surface area (TPSA) is 52.6 Å². The molecule has 3 atom stereocenters. The van der Waals surface area contributed by atoms with Crippen molar-refractivity contribution in [3.8, 4) is 0 Å². The van der Waals surface area contributed by atoms with Crippen LogP contribution in [0.4, 0.5) is 0 Å². The van der Waals surface area contributed by atoms with Crippen LogP contribution in [0.1, 0.15) is 58.3 Å². The van der Waals surface area contributed by atoms with E-state index in [4.69, 9.17) is 0 Å². The summed E-state index contributed by atoms with van der Waals surface area (Å²) in [5.74, 6) is -0.297. The van der Waals surface area contributed by atoms with Gasteiger partial charge in [0.05, 0.1) is 0 Å². The number of aliphatic carboxylic acids is 1. The fourth-order valence-electron chi connectivity index (χ4n) is 4.24. The lowest BCUT2D eigenvalue weighted by atomic mass is 9.84. The van der Waals surface area contributed by atoms with Crippen LogP contribution in [0.2, 0.25) is 0 Å². The summed E-state index contributed by atoms with van der Waals surface area (Å²) in [6, 6.07) is 1.16. The van der Waals surface area contributed by atoms with E-state index in [0.717, 1.165) is 45.1 Å². The zero-order valence-corrected chi connectivity index (χ0v) is 12.6. The van der Waals surface area contributed by atoms with Gasteiger partial charge in [-0.05, 0) is 70.9 Å². The van der Waals surface area contributed by atoms with Crippen LogP contribution < -0.4 is 5.32 Å². The monoisotopic (exact) mass is 280 g/mol. The van der Waals surface area contributed by atoms with Gasteiger partial charge in [0.15, 0.2) is 0 Å². The van der Waals surface area contributed by atoms with Gasteiger partial charge in [0.25, 0.3) is 0 Å². The molecule has 1 saturated heterocycles. The van der Waals surface area contributed by atoms with Crippen LogP contribution in [0.15, 0.2) is 0 Å². The molecule has 3 unspecified atom stereocenters. The average Bonchev–Trinajstić information content (AvgIpc) is 2.97. The molecule has 2 N–H and O–H groups in total. The minimum Gasteiger partial charge on any atom is -0.480 e. The third-order valence-corrected chi connectivity index (χ3v) is 5.70. The second-order valence-electron chi connectivity index (χ2n) is 7.10. The smallest absolute Gasteiger partial charge is 0.324 e. The molecule has 0 bridgehead atoms. The molecule has 0 radical (unpaired) electrons. The number of nitrogens with one attached hydrogen (secondary N) is 1. The van der Waals surface area contributed by atoms with Gasteiger partial charge in [-0.2, -0.15) is 0 Å². The molecule has 2 aliphatic carbocycles. The molecular formula is C16H28N2O2. The Morgan fingerprint density at radius 3 is 2.70 bits per heavy atom. The lowest BCUT2D eigenvalue weighted by Crippen LogP contribution is -2.56. The summed E-state index contributed by atoms with van der Waals surface area (Å²) < 4.78 is 0. The summed E-state index contributed by atoms with van der Waals surface area (Å²) >= 11 is 0. The Hall–Kier alpha value is -0.610. The van der Waals surface area contributed by atoms with Crippen LogP contribution in [0.25, 0.3) is 0 Å². The molecule has 3 fully saturated rings. The summed E-state index contributed by atoms with van der Waals surface area (Å²) in [5.41, 5.74) is -0.621. The van der Waals surface area contributed by atoms with Crippen molar-refractivity contribution in [1.29, 1.82) is 0 Å². The van der Waals surface area contributed by atoms with E-state index < -0.39 is 11.5 Å². The maximum atomic E-state index is 11.9. The first kappa shape index (κ1) is 14.3. The van der Waals surface area contributed by atoms with Crippen LogP contribution in [-0.4, -0.2) is 46.7 Å². The summed E-state index contributed by atoms with van der Waals surface area (Å²) in [4.78, 5) is 14.4. The van der Waals surface area contributed by atoms with Crippen LogP contribution in [0.3, 0.4) is 0 Å². The maximum Gasteiger partial charge on any atom is 0.324 e. The van der Waals surface area contributed by atoms with Gasteiger partial charge in [0.1, 0.15) is 5.54 Å². The normalized spacial score (nSPS) is 38.5. The van der Waals surface area contributed by atoms with E-state index in [2.05, 4.69) is 17.1 Å². The highest BCUT2D eigenvalue weighted by Crippen LogP contribution is 2.41. The third kappa shape index (κ3) is 2.73. The Morgan fingerprint density at radius 2 is 2.10 bits per heavy atom. The molecule has 4 heteroatoms. The van der Waals surface area contributed by atoms with Crippen molar-refractivity contribution in [2.45, 2.75) is 75.9 Å². The number of hydrogen-bond donors (Lipinski definition) is 2. The first-order valence-electron chi connectivity index (χ1n) is 8.37. The minimum atomic E-state index is -0.621. The van der Waals surface area contributed by atoms with Crippen LogP contribution >= 0.6 is 0 Å². The third-order valence-electron chi connectivity index (χ3n) is 5.70. The van der Waals surface area contributed by atoms with Gasteiger partial charge in [-0.1, -0.05) is 6.42 Å². The molecule has 3 rings (SSSR count). The second kappa shape index (κ2) is 5.64. The van der Waals surface area contributed by atoms with E-state index in [-0.39, 0.29) is 0 Å². The van der Waals surface area contributed by atoms with Crippen LogP contribution in [-0.2, 0) is 4.79 Å². The molecule has 0 spiro atoms. The predicted molar refractivity (Wildman–Crippen MR) is 78.8 cm³/mol. The SMILES string of the molecule is CC1CCCN1CCC1CCCC1(NC1CC1)C(=O)O. The summed E-state index contributed by atoms with van der Waals surface area (Å²) in [6.45, 7) is 4.58. The number of carboxylic acid groups (broad SMARTS) is 1. The first-order chi connectivity index (χ1) is 9.62. The molecule has 0 aromatic heterocycles. The summed E-state index contributed by atoms with van der Waals surface area (Å²) in [6.07, 6.45) is 8.91. The van der Waals surface area contributed by atoms with Crippen molar-refractivity contribution in [1.82, 2.24) is 10.2 Å². The summed E-state index contributed by atoms with van der Waals surface area (Å²) in [7, 11) is 0. The predicted octanol–water partition coefficient (Wildman–Crippen LogP) is 2.24. The number of rotatable bonds is 6. The molecule has 2 saturated carbocycles. The van der Waals surface area contributed by atoms with E-state index in [1.165, 1.54) is 19.4 Å². The van der Waals surface area contributed by atoms with Gasteiger partial charge in [-0.15, -0.1) is 0 Å². The minimum absolute atomic E-state index is 0.313. The number of likely N-dealkylation sites (tertiary alicyclic amines) is 1. The van der Waals surface area contributed by atoms with Gasteiger partial charge < -0.3 is 10.0 Å². The Bertz CT molecular complexity index is 369. The lowest BCUT2D eigenvalue weighted by Gasteiger charge is -2.34. The maximum absolute atomic E-state index is 11.9. The lowest BCUT2D eigenvalue weighted by molar-refractivity contribution is -0.147. The Kier molecular flexibility index (Phi) is 4.04. The quantitative estimate of drug-likeness (QED) is 0.783. The Balaban J connectivity index is 1.62. The van der Waals surface area contributed by atoms with Crippen molar-refractivity contribution in [3.63, 3.8) is 0 Å². The standard InChI is InChI=1S/C16H28N2O2/c1-12-4-3-10-18(12)11-8-13-5-2-9-16(13,15(19)20)17-14-6-7-14/h12-14,17H,2-11H2,1H3,(H,19,20). The molecule has 0 amide bonds. The van der Waals surface area contributed by atoms with Gasteiger partial charge in [0, 0.05) is 12.1 Å². The first-order valence-corrected chi connectivity index (χ1v) is 8.37. The van der Waals surface area contributed by atoms with E-state index in [0.29, 0.717) is 18.0 Å². The number of hydrogen-bond acceptors (Lipinski definition) is 3. The molecule has 4 nitrogen and oxygen atoms in total. The molecule has 0 aromatic carbocycles. The van der Waals surface area contributed by atoms with Gasteiger partial charge in [-0.25, -0.2) is 0 Å². The Morgan fingerprint density at radius 1 is 1.30 bits per heavy atom. The largest absolute Gasteiger partial charge is 0.480 e. The van der Waals surface area contributed by atoms with Crippen LogP contribution in [0.5, 0.6) is 0 Å². The van der Waals surface area contributed by atoms with E-state index in [9.17, 15) is 9.90 Å². The number of nitrogens with zero attached hydrogens (tertiary/aromatic N) is 1. The number of carbonyl (C=O) groups is 1. The summed E-state index contributed by atoms with van der Waals surface area (Å²) in [5, 5.41) is 13.3. The van der Waals surface area contributed by atoms with Crippen LogP contribution in [0, 0.1) is 5.92 Å². The van der Waals surface area contributed by atoms with Gasteiger partial charge >= 0.3 is 5.97 Å². The molecule has 0 aromatic rings. The fraction of sp³-hybridized carbons (Fsp3) is 0.938. The molecule has 3 aliphatic rings. The van der Waals surface area contributed by atoms with Crippen molar-refractivity contribution in [3.05, 3.63) is 0 Å². The molecule has 1 aliphatic heterocycles. The highest BCUT2D eigenvalue weighted by atomic mass is 16.4. The van der Waals surface area contributed by atoms with E-state index in [1.807, 2.05) is 0 Å². The van der Waals surface area contributed by atoms with E-state index in [1.54, 1.807) is 0 Å². The molecular weight excluding hydrogens is 252 g/mol. The highest BCUT2D eigenvalue weighted by molar-refractivity contribution is 5.80. The highest BCUT2D eigenvalue weighted by Gasteiger charge is 2.51. The Labute approximate surface area is 121 Å². The second-order valence-corrected chi connectivity index (χ2v) is 7.10. The van der Waals surface area contributed by atoms with Gasteiger partial charge in [-0.3, -0.25) is 10.1 Å². The zero-order valence-electron chi connectivity index (χ0n) is 12.6. The fourth-order valence-corrected chi connectivity index (χ4v) is 4.24. The number of carboxylic acids is 1. The molecule has 114 valence electrons. The molecule has 20 heavy (non-hydrogen) atoms. The van der Waals surface area contributed by atoms with Crippen molar-refractivity contribution >= 4 is 5.97 Å².